The highest BCUT2D eigenvalue weighted by Gasteiger charge is 2.40. The van der Waals surface area contributed by atoms with E-state index >= 15 is 0 Å². The molecule has 4 heteroatoms. The molecule has 0 bridgehead atoms. The summed E-state index contributed by atoms with van der Waals surface area (Å²) in [7, 11) is 0. The molecule has 2 aromatic heterocycles. The Bertz CT molecular complexity index is 940. The molecule has 1 fully saturated rings. The summed E-state index contributed by atoms with van der Waals surface area (Å²) >= 11 is 0. The molecule has 1 aliphatic rings. The Kier molecular flexibility index (Phi) is 2.86. The number of para-hydroxylation sites is 2. The largest absolute Gasteiger partial charge is 0.851 e. The Hall–Kier alpha value is -2.56. The molecule has 1 aliphatic carbocycles. The third-order valence-corrected chi connectivity index (χ3v) is 5.38. The van der Waals surface area contributed by atoms with E-state index in [0.29, 0.717) is 0 Å². The molecule has 0 amide bonds. The van der Waals surface area contributed by atoms with Crippen LogP contribution in [-0.4, -0.2) is 22.2 Å². The van der Waals surface area contributed by atoms with Crippen LogP contribution in [0.2, 0.25) is 0 Å². The van der Waals surface area contributed by atoms with E-state index < -0.39 is 24.0 Å². The predicted octanol–water partition coefficient (Wildman–Crippen LogP) is 1.99. The molecule has 0 aliphatic heterocycles. The molecule has 0 unspecified atom stereocenters. The molecular formula is C20H16N2O2-2. The highest BCUT2D eigenvalue weighted by Crippen LogP contribution is 2.48. The van der Waals surface area contributed by atoms with Crippen molar-refractivity contribution in [1.82, 2.24) is 9.97 Å². The summed E-state index contributed by atoms with van der Waals surface area (Å²) in [6.07, 6.45) is 1.84. The zero-order chi connectivity index (χ0) is 16.3. The normalized spacial score (nSPS) is 26.8. The third-order valence-electron chi connectivity index (χ3n) is 5.38. The van der Waals surface area contributed by atoms with Crippen LogP contribution in [0.25, 0.3) is 21.8 Å². The predicted molar refractivity (Wildman–Crippen MR) is 89.7 cm³/mol. The van der Waals surface area contributed by atoms with E-state index in [1.807, 2.05) is 60.9 Å². The van der Waals surface area contributed by atoms with Gasteiger partial charge in [0, 0.05) is 34.2 Å². The van der Waals surface area contributed by atoms with E-state index in [9.17, 15) is 10.2 Å². The molecule has 2 N–H and O–H groups in total. The van der Waals surface area contributed by atoms with Gasteiger partial charge in [-0.25, -0.2) is 0 Å². The second-order valence-corrected chi connectivity index (χ2v) is 6.56. The van der Waals surface area contributed by atoms with Gasteiger partial charge in [-0.3, -0.25) is 0 Å². The van der Waals surface area contributed by atoms with Crippen LogP contribution in [0.5, 0.6) is 0 Å². The molecule has 4 aromatic rings. The fourth-order valence-electron chi connectivity index (χ4n) is 4.12. The van der Waals surface area contributed by atoms with Crippen molar-refractivity contribution in [2.75, 3.05) is 0 Å². The van der Waals surface area contributed by atoms with Crippen LogP contribution in [0.4, 0.5) is 0 Å². The van der Waals surface area contributed by atoms with E-state index in [4.69, 9.17) is 0 Å². The van der Waals surface area contributed by atoms with Gasteiger partial charge in [0.15, 0.2) is 0 Å². The van der Waals surface area contributed by atoms with Crippen molar-refractivity contribution < 1.29 is 10.2 Å². The Morgan fingerprint density at radius 1 is 0.625 bits per heavy atom. The average Bonchev–Trinajstić information content (AvgIpc) is 3.21. The van der Waals surface area contributed by atoms with Gasteiger partial charge in [-0.05, 0) is 35.1 Å². The van der Waals surface area contributed by atoms with E-state index in [1.165, 1.54) is 0 Å². The summed E-state index contributed by atoms with van der Waals surface area (Å²) in [5, 5.41) is 27.8. The monoisotopic (exact) mass is 316 g/mol. The van der Waals surface area contributed by atoms with Gasteiger partial charge >= 0.3 is 0 Å². The minimum Gasteiger partial charge on any atom is -0.851 e. The lowest BCUT2D eigenvalue weighted by Gasteiger charge is -2.61. The SMILES string of the molecule is [O-]C1C(c2c[nH]c3ccccc23)C([O-])C1c1c[nH]c2ccccc12. The van der Waals surface area contributed by atoms with Crippen molar-refractivity contribution >= 4 is 21.8 Å². The second kappa shape index (κ2) is 4.97. The van der Waals surface area contributed by atoms with Crippen LogP contribution in [0.15, 0.2) is 60.9 Å². The lowest BCUT2D eigenvalue weighted by molar-refractivity contribution is -0.535. The molecule has 120 valence electrons. The van der Waals surface area contributed by atoms with Crippen molar-refractivity contribution in [3.63, 3.8) is 0 Å². The summed E-state index contributed by atoms with van der Waals surface area (Å²) in [5.74, 6) is -0.973. The molecule has 0 atom stereocenters. The van der Waals surface area contributed by atoms with E-state index in [1.54, 1.807) is 0 Å². The van der Waals surface area contributed by atoms with Gasteiger partial charge in [0.1, 0.15) is 0 Å². The summed E-state index contributed by atoms with van der Waals surface area (Å²) in [5.41, 5.74) is 3.67. The highest BCUT2D eigenvalue weighted by atomic mass is 16.3. The summed E-state index contributed by atoms with van der Waals surface area (Å²) < 4.78 is 0. The van der Waals surface area contributed by atoms with E-state index in [2.05, 4.69) is 9.97 Å². The molecule has 0 radical (unpaired) electrons. The summed E-state index contributed by atoms with van der Waals surface area (Å²) in [6, 6.07) is 15.6. The second-order valence-electron chi connectivity index (χ2n) is 6.56. The first-order valence-corrected chi connectivity index (χ1v) is 8.19. The topological polar surface area (TPSA) is 77.7 Å². The Labute approximate surface area is 138 Å². The lowest BCUT2D eigenvalue weighted by Crippen LogP contribution is -2.63. The Morgan fingerprint density at radius 3 is 1.50 bits per heavy atom. The quantitative estimate of drug-likeness (QED) is 0.593. The van der Waals surface area contributed by atoms with Crippen LogP contribution >= 0.6 is 0 Å². The van der Waals surface area contributed by atoms with Crippen LogP contribution in [0.1, 0.15) is 23.0 Å². The smallest absolute Gasteiger partial charge is 0.0456 e. The standard InChI is InChI=1S/C20H16N2O2/c23-19-17(13-9-21-15-7-3-1-5-11(13)15)20(24)18(19)14-10-22-16-8-4-2-6-12(14)16/h1-10,17-22H/q-2. The van der Waals surface area contributed by atoms with Crippen molar-refractivity contribution in [3.05, 3.63) is 72.1 Å². The minimum atomic E-state index is -0.911. The fraction of sp³-hybridized carbons (Fsp3) is 0.200. The minimum absolute atomic E-state index is 0.486. The summed E-state index contributed by atoms with van der Waals surface area (Å²) in [6.45, 7) is 0. The van der Waals surface area contributed by atoms with Crippen molar-refractivity contribution in [2.45, 2.75) is 24.0 Å². The molecule has 4 nitrogen and oxygen atoms in total. The number of nitrogens with one attached hydrogen (secondary N) is 2. The first-order valence-electron chi connectivity index (χ1n) is 8.19. The molecule has 24 heavy (non-hydrogen) atoms. The third kappa shape index (κ3) is 1.75. The van der Waals surface area contributed by atoms with Crippen LogP contribution in [0.3, 0.4) is 0 Å². The highest BCUT2D eigenvalue weighted by molar-refractivity contribution is 5.86. The molecule has 1 saturated carbocycles. The zero-order valence-corrected chi connectivity index (χ0v) is 12.9. The van der Waals surface area contributed by atoms with Crippen LogP contribution in [-0.2, 0) is 0 Å². The Balaban J connectivity index is 1.54. The maximum atomic E-state index is 12.9. The van der Waals surface area contributed by atoms with Gasteiger partial charge < -0.3 is 20.2 Å². The first-order chi connectivity index (χ1) is 11.8. The fourth-order valence-corrected chi connectivity index (χ4v) is 4.12. The van der Waals surface area contributed by atoms with E-state index in [-0.39, 0.29) is 0 Å². The van der Waals surface area contributed by atoms with Gasteiger partial charge in [0.05, 0.1) is 0 Å². The number of rotatable bonds is 2. The van der Waals surface area contributed by atoms with Gasteiger partial charge in [-0.2, -0.15) is 0 Å². The maximum Gasteiger partial charge on any atom is 0.0456 e. The van der Waals surface area contributed by atoms with Gasteiger partial charge in [-0.1, -0.05) is 36.4 Å². The van der Waals surface area contributed by atoms with Crippen LogP contribution in [0, 0.1) is 0 Å². The molecule has 5 rings (SSSR count). The van der Waals surface area contributed by atoms with Gasteiger partial charge in [0.25, 0.3) is 0 Å². The first kappa shape index (κ1) is 13.8. The zero-order valence-electron chi connectivity index (χ0n) is 12.9. The van der Waals surface area contributed by atoms with Crippen LogP contribution < -0.4 is 10.2 Å². The molecule has 0 saturated heterocycles. The van der Waals surface area contributed by atoms with Crippen molar-refractivity contribution in [2.24, 2.45) is 0 Å². The molecule has 2 aromatic carbocycles. The number of aromatic nitrogens is 2. The number of fused-ring (bicyclic) bond motifs is 2. The number of benzene rings is 2. The summed E-state index contributed by atoms with van der Waals surface area (Å²) in [4.78, 5) is 6.35. The number of H-pyrrole nitrogens is 2. The maximum absolute atomic E-state index is 12.9. The van der Waals surface area contributed by atoms with E-state index in [0.717, 1.165) is 32.9 Å². The molecule has 2 heterocycles. The van der Waals surface area contributed by atoms with Crippen molar-refractivity contribution in [1.29, 1.82) is 0 Å². The number of hydrogen-bond acceptors (Lipinski definition) is 2. The van der Waals surface area contributed by atoms with Crippen molar-refractivity contribution in [3.8, 4) is 0 Å². The Morgan fingerprint density at radius 2 is 1.04 bits per heavy atom. The molecular weight excluding hydrogens is 300 g/mol. The number of hydrogen-bond donors (Lipinski definition) is 2. The average molecular weight is 316 g/mol. The van der Waals surface area contributed by atoms with Gasteiger partial charge in [0.2, 0.25) is 0 Å². The molecule has 0 spiro atoms. The lowest BCUT2D eigenvalue weighted by atomic mass is 9.63. The number of aromatic amines is 2. The van der Waals surface area contributed by atoms with Gasteiger partial charge in [-0.15, -0.1) is 12.2 Å².